The lowest BCUT2D eigenvalue weighted by atomic mass is 9.91. The lowest BCUT2D eigenvalue weighted by molar-refractivity contribution is -0.222. The van der Waals surface area contributed by atoms with Gasteiger partial charge in [-0.3, -0.25) is 9.59 Å². The van der Waals surface area contributed by atoms with E-state index in [2.05, 4.69) is 0 Å². The molecule has 1 aliphatic rings. The summed E-state index contributed by atoms with van der Waals surface area (Å²) >= 11 is 0. The van der Waals surface area contributed by atoms with Gasteiger partial charge in [0.2, 0.25) is 5.91 Å². The monoisotopic (exact) mass is 332 g/mol. The van der Waals surface area contributed by atoms with Gasteiger partial charge in [-0.15, -0.1) is 0 Å². The average Bonchev–Trinajstić information content (AvgIpc) is 2.52. The maximum absolute atomic E-state index is 12.5. The van der Waals surface area contributed by atoms with E-state index in [0.717, 1.165) is 0 Å². The van der Waals surface area contributed by atoms with Gasteiger partial charge in [0.1, 0.15) is 0 Å². The number of piperidine rings is 1. The molecule has 1 fully saturated rings. The van der Waals surface area contributed by atoms with Crippen molar-refractivity contribution < 1.29 is 23.1 Å². The first-order valence-corrected chi connectivity index (χ1v) is 7.47. The number of alkyl halides is 3. The lowest BCUT2D eigenvalue weighted by Crippen LogP contribution is -2.45. The number of aliphatic hydroxyl groups excluding tert-OH is 1. The Morgan fingerprint density at radius 1 is 1.30 bits per heavy atom. The van der Waals surface area contributed by atoms with Gasteiger partial charge in [-0.25, -0.2) is 0 Å². The van der Waals surface area contributed by atoms with E-state index in [-0.39, 0.29) is 50.4 Å². The molecule has 2 heterocycles. The SMILES string of the molecule is O=C(CCn1ccccc1=O)N1CCC(C(O)C(F)(F)F)CC1. The Morgan fingerprint density at radius 3 is 2.52 bits per heavy atom. The van der Waals surface area contributed by atoms with Crippen LogP contribution in [0.25, 0.3) is 0 Å². The molecule has 8 heteroatoms. The molecule has 128 valence electrons. The molecule has 1 atom stereocenters. The van der Waals surface area contributed by atoms with Crippen LogP contribution in [0.5, 0.6) is 0 Å². The highest BCUT2D eigenvalue weighted by Crippen LogP contribution is 2.31. The van der Waals surface area contributed by atoms with Crippen LogP contribution in [-0.4, -0.2) is 45.9 Å². The van der Waals surface area contributed by atoms with Crippen LogP contribution in [0.15, 0.2) is 29.2 Å². The van der Waals surface area contributed by atoms with Crippen molar-refractivity contribution in [3.05, 3.63) is 34.7 Å². The summed E-state index contributed by atoms with van der Waals surface area (Å²) < 4.78 is 38.8. The van der Waals surface area contributed by atoms with Gasteiger partial charge in [-0.1, -0.05) is 6.07 Å². The maximum Gasteiger partial charge on any atom is 0.414 e. The molecule has 0 aliphatic carbocycles. The quantitative estimate of drug-likeness (QED) is 0.907. The Balaban J connectivity index is 1.82. The van der Waals surface area contributed by atoms with Gasteiger partial charge in [-0.2, -0.15) is 13.2 Å². The lowest BCUT2D eigenvalue weighted by Gasteiger charge is -2.34. The van der Waals surface area contributed by atoms with Crippen LogP contribution in [0.3, 0.4) is 0 Å². The first-order chi connectivity index (χ1) is 10.8. The number of rotatable bonds is 4. The molecule has 1 aromatic heterocycles. The second-order valence-corrected chi connectivity index (χ2v) is 5.69. The van der Waals surface area contributed by atoms with E-state index in [1.165, 1.54) is 15.5 Å². The Hall–Kier alpha value is -1.83. The molecule has 0 spiro atoms. The predicted molar refractivity (Wildman–Crippen MR) is 76.7 cm³/mol. The van der Waals surface area contributed by atoms with Crippen LogP contribution in [0.1, 0.15) is 19.3 Å². The van der Waals surface area contributed by atoms with Crippen molar-refractivity contribution in [2.24, 2.45) is 5.92 Å². The van der Waals surface area contributed by atoms with Crippen molar-refractivity contribution in [3.63, 3.8) is 0 Å². The van der Waals surface area contributed by atoms with Crippen LogP contribution < -0.4 is 5.56 Å². The molecule has 1 aromatic rings. The molecular formula is C15H19F3N2O3. The van der Waals surface area contributed by atoms with Crippen molar-refractivity contribution in [2.75, 3.05) is 13.1 Å². The summed E-state index contributed by atoms with van der Waals surface area (Å²) in [7, 11) is 0. The zero-order chi connectivity index (χ0) is 17.0. The third kappa shape index (κ3) is 4.57. The number of halogens is 3. The van der Waals surface area contributed by atoms with Gasteiger partial charge >= 0.3 is 6.18 Å². The molecule has 23 heavy (non-hydrogen) atoms. The molecule has 0 radical (unpaired) electrons. The second-order valence-electron chi connectivity index (χ2n) is 5.69. The molecule has 2 rings (SSSR count). The van der Waals surface area contributed by atoms with Crippen LogP contribution in [0, 0.1) is 5.92 Å². The molecule has 0 aromatic carbocycles. The van der Waals surface area contributed by atoms with Gasteiger partial charge < -0.3 is 14.6 Å². The summed E-state index contributed by atoms with van der Waals surface area (Å²) in [6, 6.07) is 4.70. The number of hydrogen-bond donors (Lipinski definition) is 1. The first kappa shape index (κ1) is 17.5. The van der Waals surface area contributed by atoms with Crippen LogP contribution in [0.4, 0.5) is 13.2 Å². The van der Waals surface area contributed by atoms with E-state index in [9.17, 15) is 27.9 Å². The zero-order valence-electron chi connectivity index (χ0n) is 12.5. The molecule has 1 aliphatic heterocycles. The molecule has 1 saturated heterocycles. The smallest absolute Gasteiger partial charge is 0.383 e. The zero-order valence-corrected chi connectivity index (χ0v) is 12.5. The minimum absolute atomic E-state index is 0.121. The number of aliphatic hydroxyl groups is 1. The van der Waals surface area contributed by atoms with Crippen molar-refractivity contribution in [2.45, 2.75) is 38.1 Å². The maximum atomic E-state index is 12.5. The van der Waals surface area contributed by atoms with Crippen molar-refractivity contribution in [1.82, 2.24) is 9.47 Å². The summed E-state index contributed by atoms with van der Waals surface area (Å²) in [5.41, 5.74) is -0.202. The van der Waals surface area contributed by atoms with Crippen molar-refractivity contribution >= 4 is 5.91 Å². The number of carbonyl (C=O) groups is 1. The summed E-state index contributed by atoms with van der Waals surface area (Å²) in [5, 5.41) is 9.25. The fraction of sp³-hybridized carbons (Fsp3) is 0.600. The first-order valence-electron chi connectivity index (χ1n) is 7.47. The minimum Gasteiger partial charge on any atom is -0.383 e. The largest absolute Gasteiger partial charge is 0.414 e. The highest BCUT2D eigenvalue weighted by Gasteiger charge is 2.44. The van der Waals surface area contributed by atoms with Gasteiger partial charge in [0.25, 0.3) is 5.56 Å². The summed E-state index contributed by atoms with van der Waals surface area (Å²) in [6.45, 7) is 0.629. The van der Waals surface area contributed by atoms with Gasteiger partial charge in [-0.05, 0) is 24.8 Å². The summed E-state index contributed by atoms with van der Waals surface area (Å²) in [6.07, 6.45) is -5.00. The Morgan fingerprint density at radius 2 is 1.96 bits per heavy atom. The average molecular weight is 332 g/mol. The number of likely N-dealkylation sites (tertiary alicyclic amines) is 1. The predicted octanol–water partition coefficient (Wildman–Crippen LogP) is 1.40. The summed E-state index contributed by atoms with van der Waals surface area (Å²) in [5.74, 6) is -1.06. The highest BCUT2D eigenvalue weighted by molar-refractivity contribution is 5.76. The van der Waals surface area contributed by atoms with E-state index in [1.54, 1.807) is 18.3 Å². The van der Waals surface area contributed by atoms with E-state index < -0.39 is 18.2 Å². The summed E-state index contributed by atoms with van der Waals surface area (Å²) in [4.78, 5) is 25.1. The molecular weight excluding hydrogens is 313 g/mol. The van der Waals surface area contributed by atoms with Gasteiger partial charge in [0, 0.05) is 38.3 Å². The van der Waals surface area contributed by atoms with Crippen LogP contribution >= 0.6 is 0 Å². The van der Waals surface area contributed by atoms with Crippen LogP contribution in [0.2, 0.25) is 0 Å². The molecule has 0 saturated carbocycles. The third-order valence-electron chi connectivity index (χ3n) is 4.14. The number of amides is 1. The Bertz CT molecular complexity index is 592. The topological polar surface area (TPSA) is 62.5 Å². The fourth-order valence-corrected chi connectivity index (χ4v) is 2.75. The van der Waals surface area contributed by atoms with E-state index in [1.807, 2.05) is 0 Å². The molecule has 0 bridgehead atoms. The van der Waals surface area contributed by atoms with Gasteiger partial charge in [0.15, 0.2) is 6.10 Å². The van der Waals surface area contributed by atoms with Crippen molar-refractivity contribution in [1.29, 1.82) is 0 Å². The van der Waals surface area contributed by atoms with Crippen molar-refractivity contribution in [3.8, 4) is 0 Å². The molecule has 5 nitrogen and oxygen atoms in total. The fourth-order valence-electron chi connectivity index (χ4n) is 2.75. The molecule has 1 amide bonds. The van der Waals surface area contributed by atoms with E-state index in [0.29, 0.717) is 0 Å². The number of aromatic nitrogens is 1. The Labute approximate surface area is 131 Å². The number of hydrogen-bond acceptors (Lipinski definition) is 3. The normalized spacial score (nSPS) is 18.0. The van der Waals surface area contributed by atoms with Crippen LogP contribution in [-0.2, 0) is 11.3 Å². The molecule has 1 N–H and O–H groups in total. The Kier molecular flexibility index (Phi) is 5.46. The third-order valence-corrected chi connectivity index (χ3v) is 4.14. The number of carbonyl (C=O) groups excluding carboxylic acids is 1. The van der Waals surface area contributed by atoms with E-state index >= 15 is 0 Å². The number of aryl methyl sites for hydroxylation is 1. The standard InChI is InChI=1S/C15H19F3N2O3/c16-15(17,18)14(23)11-4-8-20(9-5-11)13(22)6-10-19-7-2-1-3-12(19)21/h1-3,7,11,14,23H,4-6,8-10H2. The van der Waals surface area contributed by atoms with Gasteiger partial charge in [0.05, 0.1) is 0 Å². The second kappa shape index (κ2) is 7.16. The minimum atomic E-state index is -4.62. The molecule has 1 unspecified atom stereocenters. The highest BCUT2D eigenvalue weighted by atomic mass is 19.4. The number of nitrogens with zero attached hydrogens (tertiary/aromatic N) is 2. The van der Waals surface area contributed by atoms with E-state index in [4.69, 9.17) is 0 Å². The number of pyridine rings is 1.